The zero-order valence-electron chi connectivity index (χ0n) is 18.4. The average molecular weight is 626 g/mol. The number of benzene rings is 1. The van der Waals surface area contributed by atoms with Crippen molar-refractivity contribution in [3.63, 3.8) is 0 Å². The van der Waals surface area contributed by atoms with Crippen molar-refractivity contribution in [2.24, 2.45) is 0 Å². The number of aliphatic hydroxyl groups is 6. The van der Waals surface area contributed by atoms with E-state index in [0.29, 0.717) is 20.4 Å². The van der Waals surface area contributed by atoms with Gasteiger partial charge in [-0.25, -0.2) is 9.36 Å². The number of nitrogens with zero attached hydrogens (tertiary/aromatic N) is 6. The highest BCUT2D eigenvalue weighted by molar-refractivity contribution is 9.12. The normalized spacial score (nSPS) is 32.8. The van der Waals surface area contributed by atoms with Gasteiger partial charge in [0.2, 0.25) is 0 Å². The molecular weight excluding hydrogens is 604 g/mol. The van der Waals surface area contributed by atoms with Crippen molar-refractivity contribution >= 4 is 31.9 Å². The van der Waals surface area contributed by atoms with E-state index in [1.807, 2.05) is 24.3 Å². The predicted molar refractivity (Wildman–Crippen MR) is 133 cm³/mol. The Balaban J connectivity index is 1.35. The van der Waals surface area contributed by atoms with Gasteiger partial charge in [0.1, 0.15) is 60.1 Å². The fourth-order valence-corrected chi connectivity index (χ4v) is 5.29. The van der Waals surface area contributed by atoms with E-state index in [9.17, 15) is 30.6 Å². The van der Waals surface area contributed by atoms with Crippen molar-refractivity contribution < 1.29 is 30.6 Å². The summed E-state index contributed by atoms with van der Waals surface area (Å²) in [6.45, 7) is 0. The van der Waals surface area contributed by atoms with Gasteiger partial charge in [-0.1, -0.05) is 66.6 Å². The molecule has 2 aliphatic rings. The average Bonchev–Trinajstić information content (AvgIpc) is 3.56. The smallest absolute Gasteiger partial charge is 0.114 e. The summed E-state index contributed by atoms with van der Waals surface area (Å²) < 4.78 is 3.55. The van der Waals surface area contributed by atoms with Gasteiger partial charge in [0, 0.05) is 20.1 Å². The minimum absolute atomic E-state index is 0.356. The van der Waals surface area contributed by atoms with E-state index < -0.39 is 48.7 Å². The number of hydrogen-bond donors (Lipinski definition) is 6. The van der Waals surface area contributed by atoms with Crippen LogP contribution >= 0.6 is 31.9 Å². The highest BCUT2D eigenvalue weighted by Crippen LogP contribution is 2.33. The van der Waals surface area contributed by atoms with Crippen molar-refractivity contribution in [3.8, 4) is 22.5 Å². The third-order valence-corrected chi connectivity index (χ3v) is 7.85. The van der Waals surface area contributed by atoms with Crippen molar-refractivity contribution in [1.82, 2.24) is 30.0 Å². The van der Waals surface area contributed by atoms with Gasteiger partial charge < -0.3 is 30.6 Å². The van der Waals surface area contributed by atoms with Crippen LogP contribution in [0.3, 0.4) is 0 Å². The van der Waals surface area contributed by atoms with E-state index in [2.05, 4.69) is 52.5 Å². The molecule has 0 bridgehead atoms. The molecule has 2 heterocycles. The molecule has 0 radical (unpaired) electrons. The first-order valence-corrected chi connectivity index (χ1v) is 12.5. The highest BCUT2D eigenvalue weighted by Gasteiger charge is 2.39. The summed E-state index contributed by atoms with van der Waals surface area (Å²) in [4.78, 5) is 0. The second-order valence-corrected chi connectivity index (χ2v) is 10.5. The van der Waals surface area contributed by atoms with E-state index in [1.54, 1.807) is 24.5 Å². The molecule has 6 N–H and O–H groups in total. The Hall–Kier alpha value is -2.30. The molecule has 0 spiro atoms. The molecule has 8 atom stereocenters. The van der Waals surface area contributed by atoms with E-state index in [4.69, 9.17) is 0 Å². The lowest BCUT2D eigenvalue weighted by Crippen LogP contribution is -2.45. The maximum absolute atomic E-state index is 10.3. The van der Waals surface area contributed by atoms with Crippen LogP contribution < -0.4 is 0 Å². The summed E-state index contributed by atoms with van der Waals surface area (Å²) in [6.07, 6.45) is -1.26. The molecule has 0 fully saturated rings. The van der Waals surface area contributed by atoms with E-state index >= 15 is 0 Å². The molecule has 190 valence electrons. The first kappa shape index (κ1) is 25.4. The van der Waals surface area contributed by atoms with Gasteiger partial charge in [-0.05, 0) is 12.2 Å². The standard InChI is InChI=1S/C22H22Br2N6O6/c23-11-5-15(19(33)21(35)17(11)31)29-7-13(25-27-29)9-1-2-10(4-3-9)14-8-30(28-26-14)16-6-12(24)18(32)22(36)20(16)34/h1-8,15-22,31-36H/t15-,16+,17-,18-,19-,20-,21-,22-/m1/s1. The molecule has 12 nitrogen and oxygen atoms in total. The molecular formula is C22H22Br2N6O6. The van der Waals surface area contributed by atoms with Crippen LogP contribution in [-0.2, 0) is 0 Å². The van der Waals surface area contributed by atoms with Gasteiger partial charge in [-0.15, -0.1) is 10.2 Å². The van der Waals surface area contributed by atoms with Gasteiger partial charge in [-0.2, -0.15) is 0 Å². The summed E-state index contributed by atoms with van der Waals surface area (Å²) in [5.74, 6) is 0. The third-order valence-electron chi connectivity index (χ3n) is 6.38. The number of hydrogen-bond acceptors (Lipinski definition) is 10. The Labute approximate surface area is 221 Å². The molecule has 3 aromatic rings. The predicted octanol–water partition coefficient (Wildman–Crippen LogP) is 0.0360. The maximum atomic E-state index is 10.3. The summed E-state index contributed by atoms with van der Waals surface area (Å²) in [6, 6.07) is 5.84. The second kappa shape index (κ2) is 9.87. The molecule has 0 aliphatic heterocycles. The Kier molecular flexibility index (Phi) is 6.95. The van der Waals surface area contributed by atoms with Crippen LogP contribution in [0.1, 0.15) is 12.1 Å². The van der Waals surface area contributed by atoms with Gasteiger partial charge in [0.05, 0.1) is 12.4 Å². The number of rotatable bonds is 4. The van der Waals surface area contributed by atoms with Crippen LogP contribution in [0.5, 0.6) is 0 Å². The summed E-state index contributed by atoms with van der Waals surface area (Å²) in [5, 5.41) is 77.1. The SMILES string of the molecule is O[C@H]1[C@H](O)[C@H](n2cc(-c3ccc(-c4cn([C@H]5C=C(Br)[C@@H](O)[C@@H](O)[C@@H]5O)nn4)cc3)nn2)C=C(Br)[C@H]1O. The van der Waals surface area contributed by atoms with Crippen molar-refractivity contribution in [3.05, 3.63) is 57.8 Å². The Morgan fingerprint density at radius 2 is 0.944 bits per heavy atom. The molecule has 0 saturated carbocycles. The first-order chi connectivity index (χ1) is 17.2. The van der Waals surface area contributed by atoms with Crippen molar-refractivity contribution in [1.29, 1.82) is 0 Å². The quantitative estimate of drug-likeness (QED) is 0.231. The molecule has 5 rings (SSSR count). The zero-order chi connectivity index (χ0) is 25.7. The lowest BCUT2D eigenvalue weighted by molar-refractivity contribution is -0.0654. The molecule has 14 heteroatoms. The van der Waals surface area contributed by atoms with Gasteiger partial charge >= 0.3 is 0 Å². The second-order valence-electron chi connectivity index (χ2n) is 8.68. The molecule has 2 aliphatic carbocycles. The fraction of sp³-hybridized carbons (Fsp3) is 0.364. The maximum Gasteiger partial charge on any atom is 0.114 e. The number of halogens is 2. The van der Waals surface area contributed by atoms with Crippen LogP contribution in [-0.4, -0.2) is 97.3 Å². The summed E-state index contributed by atoms with van der Waals surface area (Å²) in [7, 11) is 0. The minimum Gasteiger partial charge on any atom is -0.388 e. The van der Waals surface area contributed by atoms with E-state index in [-0.39, 0.29) is 0 Å². The molecule has 0 saturated heterocycles. The number of aliphatic hydroxyl groups excluding tert-OH is 6. The van der Waals surface area contributed by atoms with Crippen LogP contribution in [0.25, 0.3) is 22.5 Å². The third kappa shape index (κ3) is 4.48. The molecule has 36 heavy (non-hydrogen) atoms. The zero-order valence-corrected chi connectivity index (χ0v) is 21.5. The van der Waals surface area contributed by atoms with Gasteiger partial charge in [-0.3, -0.25) is 0 Å². The highest BCUT2D eigenvalue weighted by atomic mass is 79.9. The largest absolute Gasteiger partial charge is 0.388 e. The first-order valence-electron chi connectivity index (χ1n) is 10.9. The summed E-state index contributed by atoms with van der Waals surface area (Å²) >= 11 is 6.41. The summed E-state index contributed by atoms with van der Waals surface area (Å²) in [5.41, 5.74) is 2.57. The van der Waals surface area contributed by atoms with E-state index in [0.717, 1.165) is 11.1 Å². The van der Waals surface area contributed by atoms with Crippen LogP contribution in [0, 0.1) is 0 Å². The van der Waals surface area contributed by atoms with Crippen LogP contribution in [0.2, 0.25) is 0 Å². The van der Waals surface area contributed by atoms with E-state index in [1.165, 1.54) is 9.36 Å². The van der Waals surface area contributed by atoms with Crippen molar-refractivity contribution in [2.45, 2.75) is 48.7 Å². The molecule has 2 aromatic heterocycles. The molecule has 0 unspecified atom stereocenters. The molecule has 0 amide bonds. The van der Waals surface area contributed by atoms with Crippen LogP contribution in [0.15, 0.2) is 57.8 Å². The Morgan fingerprint density at radius 3 is 1.31 bits per heavy atom. The molecule has 1 aromatic carbocycles. The van der Waals surface area contributed by atoms with Gasteiger partial charge in [0.25, 0.3) is 0 Å². The Morgan fingerprint density at radius 1 is 0.583 bits per heavy atom. The topological polar surface area (TPSA) is 183 Å². The van der Waals surface area contributed by atoms with Crippen LogP contribution in [0.4, 0.5) is 0 Å². The fourth-order valence-electron chi connectivity index (χ4n) is 4.21. The van der Waals surface area contributed by atoms with Crippen molar-refractivity contribution in [2.75, 3.05) is 0 Å². The Bertz CT molecular complexity index is 1210. The van der Waals surface area contributed by atoms with Gasteiger partial charge in [0.15, 0.2) is 0 Å². The minimum atomic E-state index is -1.37. The lowest BCUT2D eigenvalue weighted by atomic mass is 9.94. The monoisotopic (exact) mass is 624 g/mol. The lowest BCUT2D eigenvalue weighted by Gasteiger charge is -2.32. The number of aromatic nitrogens is 6.